The van der Waals surface area contributed by atoms with Crippen LogP contribution in [-0.2, 0) is 4.76 Å². The minimum Gasteiger partial charge on any atom is -0.455 e. The number of fused-ring (bicyclic) bond motifs is 2. The van der Waals surface area contributed by atoms with E-state index in [1.165, 1.54) is 0 Å². The normalized spacial score (nSPS) is 13.2. The average Bonchev–Trinajstić information content (AvgIpc) is 2.95. The van der Waals surface area contributed by atoms with Gasteiger partial charge in [0.1, 0.15) is 11.3 Å². The van der Waals surface area contributed by atoms with Gasteiger partial charge in [-0.15, -0.1) is 5.16 Å². The van der Waals surface area contributed by atoms with Crippen molar-refractivity contribution in [3.8, 4) is 22.5 Å². The van der Waals surface area contributed by atoms with Gasteiger partial charge in [0.25, 0.3) is 0 Å². The van der Waals surface area contributed by atoms with Crippen molar-refractivity contribution in [1.82, 2.24) is 0 Å². The second kappa shape index (κ2) is 9.93. The van der Waals surface area contributed by atoms with Gasteiger partial charge in [-0.25, -0.2) is 0 Å². The molecule has 192 valence electrons. The number of nitrogens with zero attached hydrogens (tertiary/aromatic N) is 1. The maximum Gasteiger partial charge on any atom is 0.583 e. The molecule has 0 saturated heterocycles. The highest BCUT2D eigenvalue weighted by Gasteiger charge is 2.25. The lowest BCUT2D eigenvalue weighted by Gasteiger charge is -2.21. The van der Waals surface area contributed by atoms with Crippen molar-refractivity contribution in [1.29, 1.82) is 0 Å². The van der Waals surface area contributed by atoms with Crippen LogP contribution in [0.1, 0.15) is 35.2 Å². The molecule has 6 nitrogen and oxygen atoms in total. The van der Waals surface area contributed by atoms with Gasteiger partial charge in [0.2, 0.25) is 0 Å². The van der Waals surface area contributed by atoms with Crippen molar-refractivity contribution >= 4 is 35.5 Å². The number of nitrogens with one attached hydrogen (secondary N) is 1. The molecular weight excluding hydrogens is 487 g/mol. The van der Waals surface area contributed by atoms with E-state index >= 15 is 0 Å². The topological polar surface area (TPSA) is 84.1 Å². The Morgan fingerprint density at radius 3 is 2.51 bits per heavy atom. The Hall–Kier alpha value is -4.62. The molecule has 1 aliphatic rings. The molecule has 5 aromatic rings. The smallest absolute Gasteiger partial charge is 0.455 e. The number of para-hydroxylation sites is 1. The van der Waals surface area contributed by atoms with Gasteiger partial charge < -0.3 is 19.5 Å². The third-order valence-corrected chi connectivity index (χ3v) is 7.21. The molecule has 0 saturated carbocycles. The van der Waals surface area contributed by atoms with Crippen molar-refractivity contribution in [2.45, 2.75) is 26.8 Å². The zero-order chi connectivity index (χ0) is 27.1. The number of hydrogen-bond acceptors (Lipinski definition) is 6. The maximum atomic E-state index is 13.5. The molecule has 0 spiro atoms. The number of aryl methyl sites for hydroxylation is 1. The Balaban J connectivity index is 1.43. The van der Waals surface area contributed by atoms with Gasteiger partial charge in [0.05, 0.1) is 17.6 Å². The maximum absolute atomic E-state index is 13.5. The van der Waals surface area contributed by atoms with Crippen LogP contribution >= 0.6 is 0 Å². The molecule has 0 amide bonds. The first-order valence-corrected chi connectivity index (χ1v) is 12.9. The second-order valence-corrected chi connectivity index (χ2v) is 9.93. The quantitative estimate of drug-likeness (QED) is 0.283. The van der Waals surface area contributed by atoms with Crippen LogP contribution in [0.4, 0.5) is 5.69 Å². The summed E-state index contributed by atoms with van der Waals surface area (Å²) in [6.45, 7) is 5.89. The van der Waals surface area contributed by atoms with E-state index in [0.29, 0.717) is 27.8 Å². The third-order valence-electron chi connectivity index (χ3n) is 7.21. The lowest BCUT2D eigenvalue weighted by molar-refractivity contribution is 0.286. The molecule has 7 heteroatoms. The average molecular weight is 514 g/mol. The minimum atomic E-state index is -1.07. The van der Waals surface area contributed by atoms with Crippen LogP contribution in [0.2, 0.25) is 0 Å². The van der Waals surface area contributed by atoms with Crippen LogP contribution in [0.3, 0.4) is 0 Å². The fraction of sp³-hybridized carbons (Fsp3) is 0.125. The Kier molecular flexibility index (Phi) is 6.29. The summed E-state index contributed by atoms with van der Waals surface area (Å²) in [5, 5.41) is 18.1. The third kappa shape index (κ3) is 4.51. The fourth-order valence-electron chi connectivity index (χ4n) is 5.21. The molecule has 0 unspecified atom stereocenters. The molecule has 39 heavy (non-hydrogen) atoms. The van der Waals surface area contributed by atoms with E-state index in [2.05, 4.69) is 29.5 Å². The zero-order valence-electron chi connectivity index (χ0n) is 21.9. The largest absolute Gasteiger partial charge is 0.583 e. The van der Waals surface area contributed by atoms with Crippen LogP contribution < -0.4 is 16.2 Å². The van der Waals surface area contributed by atoms with Crippen LogP contribution in [0.25, 0.3) is 33.4 Å². The zero-order valence-corrected chi connectivity index (χ0v) is 21.9. The Morgan fingerprint density at radius 2 is 1.69 bits per heavy atom. The second-order valence-electron chi connectivity index (χ2n) is 9.93. The molecule has 0 bridgehead atoms. The van der Waals surface area contributed by atoms with Crippen molar-refractivity contribution in [3.63, 3.8) is 0 Å². The van der Waals surface area contributed by atoms with E-state index in [1.807, 2.05) is 86.6 Å². The first-order valence-electron chi connectivity index (χ1n) is 12.9. The first kappa shape index (κ1) is 24.7. The van der Waals surface area contributed by atoms with Crippen molar-refractivity contribution in [2.24, 2.45) is 5.16 Å². The van der Waals surface area contributed by atoms with Crippen molar-refractivity contribution in [2.75, 3.05) is 5.32 Å². The predicted molar refractivity (Wildman–Crippen MR) is 158 cm³/mol. The predicted octanol–water partition coefficient (Wildman–Crippen LogP) is 5.97. The first-order chi connectivity index (χ1) is 18.9. The van der Waals surface area contributed by atoms with E-state index in [9.17, 15) is 9.82 Å². The molecule has 1 atom stereocenters. The number of benzene rings is 4. The Morgan fingerprint density at radius 1 is 0.923 bits per heavy atom. The van der Waals surface area contributed by atoms with E-state index in [0.717, 1.165) is 39.1 Å². The fourth-order valence-corrected chi connectivity index (χ4v) is 5.21. The standard InChI is InChI=1S/C32H27BN2O4/c1-19-15-26(32-27(16-19)30(36)20(2)31(38-32)22-9-5-4-6-10-22)21(3)35-29-12-8-7-11-25(29)23-13-14-28-24(17-23)18-34-39-33(28)37/h4-18,21,35,37H,1-3H3/t21-/m0/s1. The highest BCUT2D eigenvalue weighted by atomic mass is 16.6. The van der Waals surface area contributed by atoms with E-state index in [1.54, 1.807) is 6.21 Å². The van der Waals surface area contributed by atoms with Crippen molar-refractivity contribution < 1.29 is 14.2 Å². The number of rotatable bonds is 5. The summed E-state index contributed by atoms with van der Waals surface area (Å²) >= 11 is 0. The molecule has 0 fully saturated rings. The summed E-state index contributed by atoms with van der Waals surface area (Å²) in [6.07, 6.45) is 1.61. The molecular formula is C32H27BN2O4. The van der Waals surface area contributed by atoms with Gasteiger partial charge in [-0.3, -0.25) is 4.79 Å². The van der Waals surface area contributed by atoms with Gasteiger partial charge >= 0.3 is 7.12 Å². The van der Waals surface area contributed by atoms with E-state index in [4.69, 9.17) is 9.17 Å². The Labute approximate surface area is 226 Å². The Bertz CT molecular complexity index is 1800. The highest BCUT2D eigenvalue weighted by Crippen LogP contribution is 2.35. The molecule has 0 aliphatic carbocycles. The van der Waals surface area contributed by atoms with Crippen LogP contribution in [-0.4, -0.2) is 18.4 Å². The molecule has 4 aromatic carbocycles. The SMILES string of the molecule is Cc1cc([C@H](C)Nc2ccccc2-c2ccc3c(c2)C=NOB3O)c2oc(-c3ccccc3)c(C)c(=O)c2c1. The van der Waals surface area contributed by atoms with Gasteiger partial charge in [-0.05, 0) is 55.7 Å². The summed E-state index contributed by atoms with van der Waals surface area (Å²) in [4.78, 5) is 13.5. The summed E-state index contributed by atoms with van der Waals surface area (Å²) < 4.78 is 11.5. The highest BCUT2D eigenvalue weighted by molar-refractivity contribution is 6.62. The minimum absolute atomic E-state index is 0.0189. The van der Waals surface area contributed by atoms with Crippen LogP contribution in [0.15, 0.2) is 99.3 Å². The van der Waals surface area contributed by atoms with Gasteiger partial charge in [0.15, 0.2) is 5.43 Å². The van der Waals surface area contributed by atoms with Crippen molar-refractivity contribution in [3.05, 3.63) is 117 Å². The van der Waals surface area contributed by atoms with Crippen LogP contribution in [0, 0.1) is 13.8 Å². The summed E-state index contributed by atoms with van der Waals surface area (Å²) in [5.41, 5.74) is 8.35. The number of hydrogen-bond donors (Lipinski definition) is 2. The summed E-state index contributed by atoms with van der Waals surface area (Å²) in [7, 11) is -1.07. The van der Waals surface area contributed by atoms with Gasteiger partial charge in [0, 0.05) is 33.4 Å². The molecule has 1 aromatic heterocycles. The van der Waals surface area contributed by atoms with Crippen LogP contribution in [0.5, 0.6) is 0 Å². The monoisotopic (exact) mass is 514 g/mol. The van der Waals surface area contributed by atoms with Gasteiger partial charge in [-0.1, -0.05) is 66.7 Å². The van der Waals surface area contributed by atoms with E-state index < -0.39 is 7.12 Å². The molecule has 2 heterocycles. The summed E-state index contributed by atoms with van der Waals surface area (Å²) in [6, 6.07) is 27.4. The molecule has 2 N–H and O–H groups in total. The molecule has 0 radical (unpaired) electrons. The summed E-state index contributed by atoms with van der Waals surface area (Å²) in [5.74, 6) is 0.590. The van der Waals surface area contributed by atoms with E-state index in [-0.39, 0.29) is 11.5 Å². The van der Waals surface area contributed by atoms with Gasteiger partial charge in [-0.2, -0.15) is 0 Å². The lowest BCUT2D eigenvalue weighted by atomic mass is 9.75. The lowest BCUT2D eigenvalue weighted by Crippen LogP contribution is -2.37. The number of anilines is 1. The number of oxime groups is 1. The molecule has 1 aliphatic heterocycles. The molecule has 6 rings (SSSR count).